The molecule has 1 aromatic heterocycles. The molecule has 0 amide bonds. The summed E-state index contributed by atoms with van der Waals surface area (Å²) >= 11 is 0. The van der Waals surface area contributed by atoms with E-state index in [1.165, 1.54) is 6.07 Å². The minimum Gasteiger partial charge on any atom is -0.462 e. The highest BCUT2D eigenvalue weighted by molar-refractivity contribution is 6.10. The third-order valence-electron chi connectivity index (χ3n) is 4.78. The first-order valence-corrected chi connectivity index (χ1v) is 10.1. The maximum absolute atomic E-state index is 14.1. The first-order chi connectivity index (χ1) is 14.9. The molecule has 2 aliphatic rings. The summed E-state index contributed by atoms with van der Waals surface area (Å²) in [6.07, 6.45) is 7.13. The maximum atomic E-state index is 14.1. The number of halogens is 1. The van der Waals surface area contributed by atoms with E-state index in [1.54, 1.807) is 26.1 Å². The molecule has 31 heavy (non-hydrogen) atoms. The smallest absolute Gasteiger partial charge is 0.343 e. The van der Waals surface area contributed by atoms with Gasteiger partial charge in [0.2, 0.25) is 0 Å². The predicted octanol–water partition coefficient (Wildman–Crippen LogP) is 2.00. The molecule has 0 radical (unpaired) electrons. The largest absolute Gasteiger partial charge is 0.462 e. The van der Waals surface area contributed by atoms with E-state index < -0.39 is 11.8 Å². The number of ether oxygens (including phenoxy) is 1. The third-order valence-corrected chi connectivity index (χ3v) is 4.78. The van der Waals surface area contributed by atoms with Crippen LogP contribution in [-0.4, -0.2) is 47.1 Å². The van der Waals surface area contributed by atoms with Crippen molar-refractivity contribution in [3.63, 3.8) is 0 Å². The number of aliphatic imine (C=N–C) groups is 1. The van der Waals surface area contributed by atoms with Gasteiger partial charge in [0.1, 0.15) is 28.7 Å². The van der Waals surface area contributed by atoms with Crippen molar-refractivity contribution in [1.82, 2.24) is 15.2 Å². The number of hydrogen-bond donors (Lipinski definition) is 3. The SMILES string of the molecule is CCOC(=O)/C(C=N)=C1\N=C(N2CCCC2c2cc(F)cnc2C#CC(C)N)C=CN1. The van der Waals surface area contributed by atoms with Gasteiger partial charge in [-0.05, 0) is 44.8 Å². The monoisotopic (exact) mass is 424 g/mol. The lowest BCUT2D eigenvalue weighted by Gasteiger charge is -2.29. The van der Waals surface area contributed by atoms with E-state index in [4.69, 9.17) is 15.9 Å². The summed E-state index contributed by atoms with van der Waals surface area (Å²) < 4.78 is 19.1. The molecule has 4 N–H and O–H groups in total. The minimum absolute atomic E-state index is 0.0235. The normalized spacial score (nSPS) is 20.2. The van der Waals surface area contributed by atoms with Crippen LogP contribution in [0.3, 0.4) is 0 Å². The Morgan fingerprint density at radius 3 is 3.10 bits per heavy atom. The molecule has 8 nitrogen and oxygen atoms in total. The van der Waals surface area contributed by atoms with Gasteiger partial charge in [-0.3, -0.25) is 0 Å². The lowest BCUT2D eigenvalue weighted by atomic mass is 10.0. The van der Waals surface area contributed by atoms with Gasteiger partial charge in [0, 0.05) is 24.5 Å². The van der Waals surface area contributed by atoms with Crippen LogP contribution in [0.15, 0.2) is 40.9 Å². The fourth-order valence-electron chi connectivity index (χ4n) is 3.47. The van der Waals surface area contributed by atoms with Crippen molar-refractivity contribution < 1.29 is 13.9 Å². The number of aromatic nitrogens is 1. The highest BCUT2D eigenvalue weighted by Gasteiger charge is 2.31. The lowest BCUT2D eigenvalue weighted by Crippen LogP contribution is -2.33. The van der Waals surface area contributed by atoms with Crippen molar-refractivity contribution in [3.8, 4) is 11.8 Å². The van der Waals surface area contributed by atoms with Crippen LogP contribution in [0.2, 0.25) is 0 Å². The van der Waals surface area contributed by atoms with Crippen molar-refractivity contribution in [1.29, 1.82) is 5.41 Å². The number of hydrogen-bond acceptors (Lipinski definition) is 8. The van der Waals surface area contributed by atoms with Gasteiger partial charge in [0.25, 0.3) is 0 Å². The standard InChI is InChI=1S/C22H25FN6O2/c1-3-31-22(30)17(12-24)21-26-9-8-20(28-21)29-10-4-5-19(29)16-11-15(23)13-27-18(16)7-6-14(2)25/h8-9,11-14,19,24,26H,3-5,10,25H2,1-2H3/b21-17-,24-12?. The molecule has 1 aromatic rings. The van der Waals surface area contributed by atoms with E-state index in [9.17, 15) is 9.18 Å². The van der Waals surface area contributed by atoms with Crippen molar-refractivity contribution in [3.05, 3.63) is 53.0 Å². The van der Waals surface area contributed by atoms with Gasteiger partial charge in [0.05, 0.1) is 24.9 Å². The van der Waals surface area contributed by atoms with Gasteiger partial charge < -0.3 is 26.1 Å². The van der Waals surface area contributed by atoms with Gasteiger partial charge in [-0.25, -0.2) is 19.2 Å². The Morgan fingerprint density at radius 1 is 1.58 bits per heavy atom. The summed E-state index contributed by atoms with van der Waals surface area (Å²) in [4.78, 5) is 22.9. The van der Waals surface area contributed by atoms with Gasteiger partial charge >= 0.3 is 5.97 Å². The number of carbonyl (C=O) groups excluding carboxylic acids is 1. The number of esters is 1. The number of likely N-dealkylation sites (tertiary alicyclic amines) is 1. The molecule has 0 aromatic carbocycles. The molecule has 3 rings (SSSR count). The van der Waals surface area contributed by atoms with Crippen LogP contribution in [0, 0.1) is 23.1 Å². The molecule has 2 aliphatic heterocycles. The molecular formula is C22H25FN6O2. The molecule has 0 saturated carbocycles. The van der Waals surface area contributed by atoms with Crippen LogP contribution in [0.25, 0.3) is 0 Å². The van der Waals surface area contributed by atoms with Crippen LogP contribution in [0.4, 0.5) is 4.39 Å². The minimum atomic E-state index is -0.626. The topological polar surface area (TPSA) is 117 Å². The number of carbonyl (C=O) groups is 1. The van der Waals surface area contributed by atoms with Crippen molar-refractivity contribution >= 4 is 18.0 Å². The zero-order valence-electron chi connectivity index (χ0n) is 17.5. The van der Waals surface area contributed by atoms with E-state index in [-0.39, 0.29) is 30.1 Å². The van der Waals surface area contributed by atoms with Crippen LogP contribution >= 0.6 is 0 Å². The van der Waals surface area contributed by atoms with Gasteiger partial charge in [-0.2, -0.15) is 0 Å². The Morgan fingerprint density at radius 2 is 2.39 bits per heavy atom. The molecular weight excluding hydrogens is 399 g/mol. The quantitative estimate of drug-likeness (QED) is 0.295. The van der Waals surface area contributed by atoms with Crippen molar-refractivity contribution in [2.45, 2.75) is 38.8 Å². The highest BCUT2D eigenvalue weighted by atomic mass is 19.1. The molecule has 1 fully saturated rings. The van der Waals surface area contributed by atoms with Gasteiger partial charge in [-0.1, -0.05) is 5.92 Å². The number of amidine groups is 1. The fraction of sp³-hybridized carbons (Fsp3) is 0.364. The van der Waals surface area contributed by atoms with Crippen molar-refractivity contribution in [2.75, 3.05) is 13.2 Å². The second-order valence-electron chi connectivity index (χ2n) is 7.08. The van der Waals surface area contributed by atoms with E-state index in [1.807, 2.05) is 4.90 Å². The summed E-state index contributed by atoms with van der Waals surface area (Å²) in [5.41, 5.74) is 6.91. The highest BCUT2D eigenvalue weighted by Crippen LogP contribution is 2.34. The Balaban J connectivity index is 1.99. The van der Waals surface area contributed by atoms with Gasteiger partial charge in [-0.15, -0.1) is 0 Å². The second kappa shape index (κ2) is 10.00. The zero-order valence-corrected chi connectivity index (χ0v) is 17.5. The predicted molar refractivity (Wildman–Crippen MR) is 116 cm³/mol. The molecule has 2 atom stereocenters. The Bertz CT molecular complexity index is 1020. The molecule has 0 aliphatic carbocycles. The molecule has 0 bridgehead atoms. The molecule has 3 heterocycles. The molecule has 1 saturated heterocycles. The number of pyridine rings is 1. The summed E-state index contributed by atoms with van der Waals surface area (Å²) in [6.45, 7) is 4.35. The lowest BCUT2D eigenvalue weighted by molar-refractivity contribution is -0.137. The molecule has 9 heteroatoms. The van der Waals surface area contributed by atoms with Crippen molar-refractivity contribution in [2.24, 2.45) is 10.7 Å². The summed E-state index contributed by atoms with van der Waals surface area (Å²) in [5, 5.41) is 10.5. The van der Waals surface area contributed by atoms with Crippen LogP contribution in [-0.2, 0) is 9.53 Å². The Hall–Kier alpha value is -3.51. The second-order valence-corrected chi connectivity index (χ2v) is 7.08. The Labute approximate surface area is 180 Å². The van der Waals surface area contributed by atoms with Crippen LogP contribution in [0.1, 0.15) is 44.0 Å². The average Bonchev–Trinajstić information content (AvgIpc) is 3.23. The summed E-state index contributed by atoms with van der Waals surface area (Å²) in [7, 11) is 0. The third kappa shape index (κ3) is 5.16. The van der Waals surface area contributed by atoms with E-state index >= 15 is 0 Å². The number of rotatable bonds is 4. The van der Waals surface area contributed by atoms with E-state index in [0.29, 0.717) is 23.6 Å². The van der Waals surface area contributed by atoms with Crippen LogP contribution in [0.5, 0.6) is 0 Å². The first kappa shape index (κ1) is 22.2. The van der Waals surface area contributed by atoms with Gasteiger partial charge in [0.15, 0.2) is 0 Å². The molecule has 2 unspecified atom stereocenters. The van der Waals surface area contributed by atoms with E-state index in [0.717, 1.165) is 25.3 Å². The number of nitrogens with two attached hydrogens (primary N) is 1. The molecule has 0 spiro atoms. The maximum Gasteiger partial charge on any atom is 0.343 e. The van der Waals surface area contributed by atoms with Crippen LogP contribution < -0.4 is 11.1 Å². The summed E-state index contributed by atoms with van der Waals surface area (Å²) in [5.74, 6) is 5.59. The fourth-order valence-corrected chi connectivity index (χ4v) is 3.47. The molecule has 162 valence electrons. The number of nitrogens with zero attached hydrogens (tertiary/aromatic N) is 3. The average molecular weight is 424 g/mol. The summed E-state index contributed by atoms with van der Waals surface area (Å²) in [6, 6.07) is 0.936. The van der Waals surface area contributed by atoms with E-state index in [2.05, 4.69) is 27.1 Å². The zero-order chi connectivity index (χ0) is 22.4. The first-order valence-electron chi connectivity index (χ1n) is 10.1. The Kier molecular flexibility index (Phi) is 7.15. The number of nitrogens with one attached hydrogen (secondary N) is 2.